The zero-order valence-corrected chi connectivity index (χ0v) is 13.4. The Balaban J connectivity index is 2.40. The number of rotatable bonds is 3. The van der Waals surface area contributed by atoms with Crippen LogP contribution in [0, 0.1) is 0 Å². The Bertz CT molecular complexity index is 759. The molecule has 5 heteroatoms. The molecule has 5 nitrogen and oxygen atoms in total. The molecule has 0 aromatic heterocycles. The summed E-state index contributed by atoms with van der Waals surface area (Å²) >= 11 is 0. The summed E-state index contributed by atoms with van der Waals surface area (Å²) in [5.41, 5.74) is 0.189. The first-order chi connectivity index (χ1) is 10.8. The maximum Gasteiger partial charge on any atom is 0.412 e. The lowest BCUT2D eigenvalue weighted by atomic mass is 10.0. The van der Waals surface area contributed by atoms with Gasteiger partial charge in [0.2, 0.25) is 0 Å². The second-order valence-electron chi connectivity index (χ2n) is 5.94. The molecular weight excluding hydrogens is 294 g/mol. The normalized spacial score (nSPS) is 10.9. The van der Waals surface area contributed by atoms with Crippen LogP contribution in [0.15, 0.2) is 49.2 Å². The third kappa shape index (κ3) is 4.32. The van der Waals surface area contributed by atoms with Gasteiger partial charge in [-0.05, 0) is 43.7 Å². The molecule has 2 rings (SSSR count). The van der Waals surface area contributed by atoms with Crippen molar-refractivity contribution in [2.24, 2.45) is 0 Å². The molecule has 0 unspecified atom stereocenters. The van der Waals surface area contributed by atoms with Crippen molar-refractivity contribution in [3.63, 3.8) is 0 Å². The number of ether oxygens (including phenoxy) is 2. The number of esters is 1. The van der Waals surface area contributed by atoms with E-state index in [4.69, 9.17) is 9.47 Å². The number of carbonyl (C=O) groups excluding carboxylic acids is 2. The van der Waals surface area contributed by atoms with Crippen LogP contribution in [0.4, 0.5) is 10.5 Å². The molecule has 1 amide bonds. The number of benzene rings is 2. The molecule has 0 bridgehead atoms. The van der Waals surface area contributed by atoms with E-state index in [0.29, 0.717) is 11.3 Å². The van der Waals surface area contributed by atoms with Crippen LogP contribution in [0.5, 0.6) is 0 Å². The Morgan fingerprint density at radius 1 is 1.17 bits per heavy atom. The molecule has 23 heavy (non-hydrogen) atoms. The van der Waals surface area contributed by atoms with Gasteiger partial charge in [-0.15, -0.1) is 0 Å². The second-order valence-corrected chi connectivity index (χ2v) is 5.94. The molecule has 2 aromatic carbocycles. The highest BCUT2D eigenvalue weighted by atomic mass is 16.6. The van der Waals surface area contributed by atoms with Gasteiger partial charge < -0.3 is 9.47 Å². The summed E-state index contributed by atoms with van der Waals surface area (Å²) in [6, 6.07) is 10.7. The van der Waals surface area contributed by atoms with Crippen molar-refractivity contribution < 1.29 is 19.1 Å². The summed E-state index contributed by atoms with van der Waals surface area (Å²) in [6.45, 7) is 8.72. The molecule has 0 fully saturated rings. The zero-order valence-electron chi connectivity index (χ0n) is 13.4. The Morgan fingerprint density at radius 2 is 1.87 bits per heavy atom. The molecule has 2 aromatic rings. The first-order valence-corrected chi connectivity index (χ1v) is 7.15. The van der Waals surface area contributed by atoms with E-state index in [1.807, 2.05) is 24.3 Å². The smallest absolute Gasteiger partial charge is 0.412 e. The molecule has 0 heterocycles. The maximum absolute atomic E-state index is 12.1. The fourth-order valence-corrected chi connectivity index (χ4v) is 2.11. The van der Waals surface area contributed by atoms with Gasteiger partial charge in [-0.3, -0.25) is 5.32 Å². The molecule has 0 saturated heterocycles. The van der Waals surface area contributed by atoms with E-state index >= 15 is 0 Å². The van der Waals surface area contributed by atoms with E-state index in [0.717, 1.165) is 17.0 Å². The van der Waals surface area contributed by atoms with E-state index in [1.165, 1.54) is 0 Å². The number of amides is 1. The van der Waals surface area contributed by atoms with Crippen LogP contribution in [0.2, 0.25) is 0 Å². The number of hydrogen-bond donors (Lipinski definition) is 1. The zero-order chi connectivity index (χ0) is 17.0. The summed E-state index contributed by atoms with van der Waals surface area (Å²) in [4.78, 5) is 24.0. The lowest BCUT2D eigenvalue weighted by Crippen LogP contribution is -2.27. The summed E-state index contributed by atoms with van der Waals surface area (Å²) in [5.74, 6) is -0.538. The molecule has 0 saturated carbocycles. The van der Waals surface area contributed by atoms with E-state index in [9.17, 15) is 9.59 Å². The molecule has 0 aliphatic heterocycles. The van der Waals surface area contributed by atoms with Crippen molar-refractivity contribution in [2.45, 2.75) is 26.4 Å². The fraction of sp³-hybridized carbons (Fsp3) is 0.222. The van der Waals surface area contributed by atoms with Gasteiger partial charge in [0, 0.05) is 5.69 Å². The average Bonchev–Trinajstić information content (AvgIpc) is 2.44. The first-order valence-electron chi connectivity index (χ1n) is 7.15. The highest BCUT2D eigenvalue weighted by Crippen LogP contribution is 2.25. The average molecular weight is 313 g/mol. The molecule has 120 valence electrons. The highest BCUT2D eigenvalue weighted by molar-refractivity contribution is 6.07. The minimum absolute atomic E-state index is 0.342. The van der Waals surface area contributed by atoms with Crippen molar-refractivity contribution in [1.82, 2.24) is 0 Å². The van der Waals surface area contributed by atoms with Crippen molar-refractivity contribution >= 4 is 28.5 Å². The third-order valence-electron chi connectivity index (χ3n) is 2.92. The lowest BCUT2D eigenvalue weighted by Gasteiger charge is -2.20. The lowest BCUT2D eigenvalue weighted by molar-refractivity contribution is 0.0631. The summed E-state index contributed by atoms with van der Waals surface area (Å²) in [7, 11) is 0. The number of hydrogen-bond acceptors (Lipinski definition) is 4. The van der Waals surface area contributed by atoms with Crippen LogP contribution in [-0.4, -0.2) is 17.7 Å². The summed E-state index contributed by atoms with van der Waals surface area (Å²) in [6.07, 6.45) is 0.487. The number of carbonyl (C=O) groups is 2. The van der Waals surface area contributed by atoms with Gasteiger partial charge in [0.15, 0.2) is 0 Å². The predicted octanol–water partition coefficient (Wildman–Crippen LogP) is 4.49. The van der Waals surface area contributed by atoms with Gasteiger partial charge in [-0.1, -0.05) is 30.8 Å². The predicted molar refractivity (Wildman–Crippen MR) is 89.4 cm³/mol. The van der Waals surface area contributed by atoms with Crippen LogP contribution in [-0.2, 0) is 9.47 Å². The Morgan fingerprint density at radius 3 is 2.52 bits per heavy atom. The topological polar surface area (TPSA) is 64.6 Å². The monoisotopic (exact) mass is 313 g/mol. The van der Waals surface area contributed by atoms with Crippen LogP contribution in [0.25, 0.3) is 10.8 Å². The Hall–Kier alpha value is -2.82. The van der Waals surface area contributed by atoms with Crippen LogP contribution in [0.1, 0.15) is 31.1 Å². The highest BCUT2D eigenvalue weighted by Gasteiger charge is 2.18. The summed E-state index contributed by atoms with van der Waals surface area (Å²) < 4.78 is 10.1. The van der Waals surface area contributed by atoms with Gasteiger partial charge in [0.05, 0.1) is 11.8 Å². The summed E-state index contributed by atoms with van der Waals surface area (Å²) in [5, 5.41) is 4.17. The Labute approximate surface area is 134 Å². The minimum atomic E-state index is -0.606. The van der Waals surface area contributed by atoms with Crippen molar-refractivity contribution in [2.75, 3.05) is 5.32 Å². The number of anilines is 1. The van der Waals surface area contributed by atoms with Gasteiger partial charge >= 0.3 is 12.1 Å². The molecule has 0 radical (unpaired) electrons. The van der Waals surface area contributed by atoms with Gasteiger partial charge in [-0.2, -0.15) is 0 Å². The van der Waals surface area contributed by atoms with E-state index < -0.39 is 17.7 Å². The SMILES string of the molecule is C=COC(=O)c1cc(NC(=O)OC(C)(C)C)cc2ccccc12. The standard InChI is InChI=1S/C18H19NO4/c1-5-22-16(20)15-11-13(19-17(21)23-18(2,3)4)10-12-8-6-7-9-14(12)15/h5-11H,1H2,2-4H3,(H,19,21). The molecule has 0 aliphatic carbocycles. The number of nitrogens with one attached hydrogen (secondary N) is 1. The quantitative estimate of drug-likeness (QED) is 0.670. The fourth-order valence-electron chi connectivity index (χ4n) is 2.11. The van der Waals surface area contributed by atoms with Crippen LogP contribution < -0.4 is 5.32 Å². The van der Waals surface area contributed by atoms with Gasteiger partial charge in [0.1, 0.15) is 5.60 Å². The molecule has 0 atom stereocenters. The molecular formula is C18H19NO4. The molecule has 0 aliphatic rings. The maximum atomic E-state index is 12.1. The van der Waals surface area contributed by atoms with E-state index in [2.05, 4.69) is 11.9 Å². The third-order valence-corrected chi connectivity index (χ3v) is 2.92. The Kier molecular flexibility index (Phi) is 4.69. The van der Waals surface area contributed by atoms with Crippen LogP contribution >= 0.6 is 0 Å². The molecule has 1 N–H and O–H groups in total. The second kappa shape index (κ2) is 6.52. The van der Waals surface area contributed by atoms with E-state index in [1.54, 1.807) is 32.9 Å². The van der Waals surface area contributed by atoms with Crippen LogP contribution in [0.3, 0.4) is 0 Å². The van der Waals surface area contributed by atoms with Gasteiger partial charge in [0.25, 0.3) is 0 Å². The van der Waals surface area contributed by atoms with Crippen molar-refractivity contribution in [3.8, 4) is 0 Å². The first kappa shape index (κ1) is 16.5. The molecule has 0 spiro atoms. The number of fused-ring (bicyclic) bond motifs is 1. The largest absolute Gasteiger partial charge is 0.444 e. The van der Waals surface area contributed by atoms with Gasteiger partial charge in [-0.25, -0.2) is 9.59 Å². The van der Waals surface area contributed by atoms with E-state index in [-0.39, 0.29) is 0 Å². The van der Waals surface area contributed by atoms with Crippen molar-refractivity contribution in [1.29, 1.82) is 0 Å². The van der Waals surface area contributed by atoms with Crippen molar-refractivity contribution in [3.05, 3.63) is 54.8 Å². The minimum Gasteiger partial charge on any atom is -0.444 e.